The maximum Gasteiger partial charge on any atom is 0.262 e. The molecule has 0 fully saturated rings. The second-order valence-electron chi connectivity index (χ2n) is 5.09. The van der Waals surface area contributed by atoms with Gasteiger partial charge in [-0.2, -0.15) is 0 Å². The van der Waals surface area contributed by atoms with Crippen LogP contribution in [0.4, 0.5) is 5.69 Å². The Morgan fingerprint density at radius 3 is 2.59 bits per heavy atom. The Bertz CT molecular complexity index is 684. The van der Waals surface area contributed by atoms with Crippen molar-refractivity contribution < 1.29 is 14.3 Å². The molecule has 2 aromatic rings. The van der Waals surface area contributed by atoms with Gasteiger partial charge in [0, 0.05) is 6.07 Å². The van der Waals surface area contributed by atoms with Crippen LogP contribution in [0.1, 0.15) is 16.8 Å². The number of benzene rings is 1. The van der Waals surface area contributed by atoms with Crippen molar-refractivity contribution in [2.45, 2.75) is 20.8 Å². The van der Waals surface area contributed by atoms with Gasteiger partial charge in [-0.3, -0.25) is 4.79 Å². The number of methoxy groups -OCH3 is 1. The molecule has 1 N–H and O–H groups in total. The second kappa shape index (κ2) is 6.93. The van der Waals surface area contributed by atoms with E-state index in [2.05, 4.69) is 10.3 Å². The van der Waals surface area contributed by atoms with Crippen molar-refractivity contribution in [1.82, 2.24) is 4.98 Å². The number of anilines is 1. The Morgan fingerprint density at radius 2 is 1.95 bits per heavy atom. The highest BCUT2D eigenvalue weighted by molar-refractivity contribution is 5.92. The van der Waals surface area contributed by atoms with Gasteiger partial charge in [-0.25, -0.2) is 4.98 Å². The average molecular weight is 300 g/mol. The molecule has 5 nitrogen and oxygen atoms in total. The van der Waals surface area contributed by atoms with Crippen LogP contribution >= 0.6 is 0 Å². The number of nitrogens with one attached hydrogen (secondary N) is 1. The smallest absolute Gasteiger partial charge is 0.262 e. The van der Waals surface area contributed by atoms with E-state index in [1.807, 2.05) is 39.0 Å². The number of carbonyl (C=O) groups is 1. The van der Waals surface area contributed by atoms with E-state index in [0.717, 1.165) is 11.1 Å². The average Bonchev–Trinajstić information content (AvgIpc) is 2.48. The molecule has 0 atom stereocenters. The first-order valence-corrected chi connectivity index (χ1v) is 7.01. The number of aromatic nitrogens is 1. The molecule has 2 rings (SSSR count). The minimum atomic E-state index is -0.227. The van der Waals surface area contributed by atoms with Crippen molar-refractivity contribution >= 4 is 11.6 Å². The topological polar surface area (TPSA) is 60.5 Å². The first-order valence-electron chi connectivity index (χ1n) is 7.01. The van der Waals surface area contributed by atoms with Crippen LogP contribution in [-0.2, 0) is 4.79 Å². The first kappa shape index (κ1) is 15.8. The van der Waals surface area contributed by atoms with E-state index < -0.39 is 0 Å². The standard InChI is InChI=1S/C17H20N2O3/c1-11-5-7-15(12(2)9-11)22-10-16(20)19-14-6-8-17(21-4)18-13(14)3/h5-9H,10H2,1-4H3,(H,19,20). The molecule has 1 aromatic carbocycles. The Balaban J connectivity index is 1.95. The van der Waals surface area contributed by atoms with Gasteiger partial charge in [0.15, 0.2) is 6.61 Å². The molecule has 116 valence electrons. The van der Waals surface area contributed by atoms with E-state index in [4.69, 9.17) is 9.47 Å². The lowest BCUT2D eigenvalue weighted by atomic mass is 10.1. The predicted octanol–water partition coefficient (Wildman–Crippen LogP) is 3.03. The van der Waals surface area contributed by atoms with E-state index in [0.29, 0.717) is 23.0 Å². The number of hydrogen-bond donors (Lipinski definition) is 1. The number of aryl methyl sites for hydroxylation is 3. The van der Waals surface area contributed by atoms with Crippen molar-refractivity contribution in [3.05, 3.63) is 47.2 Å². The minimum absolute atomic E-state index is 0.0463. The molecule has 0 aliphatic rings. The number of carbonyl (C=O) groups excluding carboxylic acids is 1. The summed E-state index contributed by atoms with van der Waals surface area (Å²) in [6.45, 7) is 5.74. The van der Waals surface area contributed by atoms with Crippen LogP contribution in [0.15, 0.2) is 30.3 Å². The molecule has 0 spiro atoms. The zero-order valence-corrected chi connectivity index (χ0v) is 13.3. The second-order valence-corrected chi connectivity index (χ2v) is 5.09. The number of amides is 1. The highest BCUT2D eigenvalue weighted by Gasteiger charge is 2.08. The lowest BCUT2D eigenvalue weighted by Crippen LogP contribution is -2.21. The lowest BCUT2D eigenvalue weighted by Gasteiger charge is -2.11. The van der Waals surface area contributed by atoms with Crippen LogP contribution in [0.25, 0.3) is 0 Å². The van der Waals surface area contributed by atoms with Gasteiger partial charge in [0.05, 0.1) is 18.5 Å². The maximum atomic E-state index is 12.0. The largest absolute Gasteiger partial charge is 0.483 e. The van der Waals surface area contributed by atoms with Crippen LogP contribution in [0, 0.1) is 20.8 Å². The van der Waals surface area contributed by atoms with E-state index in [1.54, 1.807) is 19.2 Å². The van der Waals surface area contributed by atoms with Gasteiger partial charge in [0.25, 0.3) is 5.91 Å². The Hall–Kier alpha value is -2.56. The van der Waals surface area contributed by atoms with Crippen molar-refractivity contribution in [2.24, 2.45) is 0 Å². The highest BCUT2D eigenvalue weighted by atomic mass is 16.5. The third-order valence-corrected chi connectivity index (χ3v) is 3.23. The monoisotopic (exact) mass is 300 g/mol. The van der Waals surface area contributed by atoms with Crippen LogP contribution < -0.4 is 14.8 Å². The van der Waals surface area contributed by atoms with Crippen molar-refractivity contribution in [3.8, 4) is 11.6 Å². The van der Waals surface area contributed by atoms with Gasteiger partial charge in [0.2, 0.25) is 5.88 Å². The molecule has 1 amide bonds. The Labute approximate surface area is 130 Å². The van der Waals surface area contributed by atoms with E-state index in [9.17, 15) is 4.79 Å². The molecular formula is C17H20N2O3. The lowest BCUT2D eigenvalue weighted by molar-refractivity contribution is -0.118. The molecule has 0 radical (unpaired) electrons. The molecule has 0 unspecified atom stereocenters. The molecule has 5 heteroatoms. The highest BCUT2D eigenvalue weighted by Crippen LogP contribution is 2.19. The number of ether oxygens (including phenoxy) is 2. The van der Waals surface area contributed by atoms with Gasteiger partial charge in [0.1, 0.15) is 5.75 Å². The summed E-state index contributed by atoms with van der Waals surface area (Å²) in [6.07, 6.45) is 0. The fourth-order valence-corrected chi connectivity index (χ4v) is 2.07. The van der Waals surface area contributed by atoms with Gasteiger partial charge < -0.3 is 14.8 Å². The minimum Gasteiger partial charge on any atom is -0.483 e. The summed E-state index contributed by atoms with van der Waals surface area (Å²) < 4.78 is 10.6. The summed E-state index contributed by atoms with van der Waals surface area (Å²) in [7, 11) is 1.55. The number of nitrogens with zero attached hydrogens (tertiary/aromatic N) is 1. The van der Waals surface area contributed by atoms with Crippen LogP contribution in [0.3, 0.4) is 0 Å². The molecule has 0 bridgehead atoms. The zero-order chi connectivity index (χ0) is 16.1. The number of rotatable bonds is 5. The maximum absolute atomic E-state index is 12.0. The molecule has 22 heavy (non-hydrogen) atoms. The van der Waals surface area contributed by atoms with Gasteiger partial charge in [-0.15, -0.1) is 0 Å². The van der Waals surface area contributed by atoms with Crippen molar-refractivity contribution in [1.29, 1.82) is 0 Å². The molecule has 0 saturated carbocycles. The quantitative estimate of drug-likeness (QED) is 0.922. The van der Waals surface area contributed by atoms with E-state index in [1.165, 1.54) is 0 Å². The molecule has 0 saturated heterocycles. The fraction of sp³-hybridized carbons (Fsp3) is 0.294. The zero-order valence-electron chi connectivity index (χ0n) is 13.3. The van der Waals surface area contributed by atoms with Crippen LogP contribution in [-0.4, -0.2) is 24.6 Å². The summed E-state index contributed by atoms with van der Waals surface area (Å²) in [6, 6.07) is 9.31. The molecule has 1 aromatic heterocycles. The summed E-state index contributed by atoms with van der Waals surface area (Å²) in [5, 5.41) is 2.78. The predicted molar refractivity (Wildman–Crippen MR) is 85.6 cm³/mol. The summed E-state index contributed by atoms with van der Waals surface area (Å²) in [5.74, 6) is 1.00. The SMILES string of the molecule is COc1ccc(NC(=O)COc2ccc(C)cc2C)c(C)n1. The Morgan fingerprint density at radius 1 is 1.18 bits per heavy atom. The summed E-state index contributed by atoms with van der Waals surface area (Å²) >= 11 is 0. The number of hydrogen-bond acceptors (Lipinski definition) is 4. The first-order chi connectivity index (χ1) is 10.5. The van der Waals surface area contributed by atoms with Gasteiger partial charge in [-0.05, 0) is 38.5 Å². The normalized spacial score (nSPS) is 10.2. The third-order valence-electron chi connectivity index (χ3n) is 3.23. The summed E-state index contributed by atoms with van der Waals surface area (Å²) in [4.78, 5) is 16.2. The Kier molecular flexibility index (Phi) is 4.99. The van der Waals surface area contributed by atoms with Crippen LogP contribution in [0.5, 0.6) is 11.6 Å². The van der Waals surface area contributed by atoms with Crippen molar-refractivity contribution in [3.63, 3.8) is 0 Å². The van der Waals surface area contributed by atoms with Gasteiger partial charge >= 0.3 is 0 Å². The molecular weight excluding hydrogens is 280 g/mol. The van der Waals surface area contributed by atoms with Crippen molar-refractivity contribution in [2.75, 3.05) is 19.0 Å². The van der Waals surface area contributed by atoms with E-state index >= 15 is 0 Å². The third kappa shape index (κ3) is 3.97. The number of pyridine rings is 1. The molecule has 0 aliphatic carbocycles. The van der Waals surface area contributed by atoms with Crippen LogP contribution in [0.2, 0.25) is 0 Å². The summed E-state index contributed by atoms with van der Waals surface area (Å²) in [5.41, 5.74) is 3.51. The fourth-order valence-electron chi connectivity index (χ4n) is 2.07. The molecule has 0 aliphatic heterocycles. The van der Waals surface area contributed by atoms with Gasteiger partial charge in [-0.1, -0.05) is 17.7 Å². The van der Waals surface area contributed by atoms with E-state index in [-0.39, 0.29) is 12.5 Å². The molecule has 1 heterocycles.